The standard InChI is InChI=1S/C56H47BrN2.C36H23BrFN.C20H25N.CH3F.2CH4.3K.HO4P/c1-55(2,3)42-26-28-47-44(34-42)45-35-43(56(4,5)6)27-29-48(45)58(47)50-32-41(36-18-10-7-11-19-36)33-51(53(50)57)59-49-31-40-25-17-16-24-39(40)30-46(49)52(37-20-12-8-13-21-37)54(59)38-22-14-9-15-23-38;37-35-31(38)21-29(24-12-4-1-5-13-24)23-33(35)39-32-22-28-19-11-10-18-27(28)20-30(32)34(25-14-6-2-7-15-25)36(39)26-16-8-3-9-17-26;1-19(2,3)13-7-9-17-15(11-13)16-12-14(20(4,5)6)8-10-18(16)21-17;1-2;;;;;;1-4-5(2)3/h7-35H,1-6H3;1-23H;7-12,21H,1-6H3;1H3;2*1H4;;;;1H/q;;;;;;;;+1;/p-1/i;;;1D;;;;;;. The fraction of sp³-hybridized carbons (Fsp3) is 0.165. The Labute approximate surface area is 876 Å². The normalized spacial score (nSPS) is 11.7. The second kappa shape index (κ2) is 44.1. The van der Waals surface area contributed by atoms with Crippen molar-refractivity contribution in [1.29, 1.82) is 0 Å². The van der Waals surface area contributed by atoms with E-state index in [0.29, 0.717) is 4.47 Å². The van der Waals surface area contributed by atoms with E-state index in [9.17, 15) is 4.39 Å². The maximum absolute atomic E-state index is 15.7. The number of H-pyrrole nitrogens is 1. The first-order valence-corrected chi connectivity index (χ1v) is 61.9. The molecule has 0 radical (unpaired) electrons. The Kier molecular flexibility index (Phi) is 33.9. The SMILES string of the molecule is C.C.CC(C)(C)c1ccc2[nH]c3ccc(C(C)(C)C)cc3c2c1.CC(C)(C)c1ccc2c(c1)c1cc(C(C)(C)C)ccc1n2-c1cc(-c2ccccc2)cc(-n2c(-c3ccccc3)c(-c3ccccc3)c3cc4ccccc4cc32)c1Br.Fc1cc(-c2ccccc2)cc(-n2c(-c3ccccc3)c(-c3ccccc3)c3cc4ccccc4cc32)c1Br.O=[P+]([O-])O[O-].[2H]CF.[K+].[K][K]. The van der Waals surface area contributed by atoms with Gasteiger partial charge in [0.15, 0.2) is 0 Å². The second-order valence-electron chi connectivity index (χ2n) is 36.1. The number of benzene rings is 16. The third kappa shape index (κ3) is 21.9. The predicted molar refractivity (Wildman–Crippen MR) is 555 cm³/mol. The number of fused-ring (bicyclic) bond motifs is 10. The Morgan fingerprint density at radius 3 is 0.931 bits per heavy atom. The summed E-state index contributed by atoms with van der Waals surface area (Å²) in [6.45, 7) is 27.4. The van der Waals surface area contributed by atoms with Crippen LogP contribution in [0.3, 0.4) is 0 Å². The summed E-state index contributed by atoms with van der Waals surface area (Å²) in [5.41, 5.74) is 28.9. The van der Waals surface area contributed by atoms with Gasteiger partial charge >= 0.3 is 123 Å². The third-order valence-electron chi connectivity index (χ3n) is 23.8. The van der Waals surface area contributed by atoms with Gasteiger partial charge < -0.3 is 28.8 Å². The van der Waals surface area contributed by atoms with Crippen molar-refractivity contribution in [2.45, 2.75) is 120 Å². The van der Waals surface area contributed by atoms with Crippen LogP contribution in [-0.2, 0) is 30.9 Å². The van der Waals surface area contributed by atoms with E-state index in [1.54, 1.807) is 6.07 Å². The number of nitrogens with zero attached hydrogens (tertiary/aromatic N) is 3. The van der Waals surface area contributed by atoms with E-state index >= 15 is 4.39 Å². The quantitative estimate of drug-likeness (QED) is 0.0638. The van der Waals surface area contributed by atoms with Crippen LogP contribution in [0.4, 0.5) is 8.78 Å². The van der Waals surface area contributed by atoms with Crippen LogP contribution < -0.4 is 61.5 Å². The van der Waals surface area contributed by atoms with Gasteiger partial charge in [-0.2, -0.15) is 0 Å². The van der Waals surface area contributed by atoms with E-state index in [1.807, 2.05) is 42.5 Å². The number of alkyl halides is 1. The molecule has 16 aromatic carbocycles. The summed E-state index contributed by atoms with van der Waals surface area (Å²) >= 11 is 10.5. The van der Waals surface area contributed by atoms with Gasteiger partial charge in [0, 0.05) is 54.5 Å². The molecule has 16 heteroatoms. The number of rotatable bonds is 10. The molecule has 0 amide bonds. The zero-order chi connectivity index (χ0) is 91.4. The monoisotopic (exact) mass is 1950 g/mol. The average Bonchev–Trinajstić information content (AvgIpc) is 1.53. The van der Waals surface area contributed by atoms with Crippen molar-refractivity contribution in [1.82, 2.24) is 18.7 Å². The molecule has 0 bridgehead atoms. The number of hydrogen-bond donors (Lipinski definition) is 1. The predicted octanol–water partition coefficient (Wildman–Crippen LogP) is 29.2. The summed E-state index contributed by atoms with van der Waals surface area (Å²) in [6.07, 6.45) is 0. The molecule has 131 heavy (non-hydrogen) atoms. The Hall–Kier alpha value is -7.57. The van der Waals surface area contributed by atoms with E-state index in [1.165, 1.54) is 167 Å². The molecule has 0 saturated carbocycles. The summed E-state index contributed by atoms with van der Waals surface area (Å²) in [5.74, 6) is -0.297. The molecule has 4 heterocycles. The van der Waals surface area contributed by atoms with Crippen LogP contribution in [0.2, 0.25) is 0 Å². The van der Waals surface area contributed by atoms with E-state index in [0.717, 1.165) is 93.7 Å². The molecule has 8 nitrogen and oxygen atoms in total. The summed E-state index contributed by atoms with van der Waals surface area (Å²) in [5, 5.41) is 20.8. The van der Waals surface area contributed by atoms with Crippen molar-refractivity contribution in [2.75, 3.05) is 7.15 Å². The molecule has 646 valence electrons. The van der Waals surface area contributed by atoms with Crippen molar-refractivity contribution < 1.29 is 80.9 Å². The number of aromatic nitrogens is 4. The van der Waals surface area contributed by atoms with Gasteiger partial charge in [-0.05, 0) is 243 Å². The first-order chi connectivity index (χ1) is 62.0. The van der Waals surface area contributed by atoms with Gasteiger partial charge in [0.05, 0.1) is 68.0 Å². The van der Waals surface area contributed by atoms with Crippen LogP contribution >= 0.6 is 40.1 Å². The Balaban J connectivity index is 0.000000185. The van der Waals surface area contributed by atoms with Crippen molar-refractivity contribution >= 4 is 190 Å². The van der Waals surface area contributed by atoms with Crippen molar-refractivity contribution in [2.24, 2.45) is 0 Å². The number of aromatic amines is 1. The van der Waals surface area contributed by atoms with Gasteiger partial charge in [0.1, 0.15) is 5.82 Å². The van der Waals surface area contributed by atoms with Crippen LogP contribution in [0, 0.1) is 5.82 Å². The summed E-state index contributed by atoms with van der Waals surface area (Å²) in [4.78, 5) is 12.4. The van der Waals surface area contributed by atoms with Gasteiger partial charge in [0.25, 0.3) is 0 Å². The van der Waals surface area contributed by atoms with Gasteiger partial charge in [-0.3, -0.25) is 4.39 Å². The van der Waals surface area contributed by atoms with E-state index in [2.05, 4.69) is 442 Å². The van der Waals surface area contributed by atoms with Crippen molar-refractivity contribution in [3.8, 4) is 84.1 Å². The number of hydrogen-bond acceptors (Lipinski definition) is 4. The van der Waals surface area contributed by atoms with Gasteiger partial charge in [-0.25, -0.2) is 9.06 Å². The van der Waals surface area contributed by atoms with Crippen LogP contribution in [0.1, 0.15) is 122 Å². The fourth-order valence-corrected chi connectivity index (χ4v) is 18.3. The van der Waals surface area contributed by atoms with Crippen molar-refractivity contribution in [3.63, 3.8) is 0 Å². The summed E-state index contributed by atoms with van der Waals surface area (Å²) in [6, 6.07) is 126. The Morgan fingerprint density at radius 2 is 0.611 bits per heavy atom. The molecular formula is C115H106Br2F2K3N4O4P. The van der Waals surface area contributed by atoms with Crippen LogP contribution in [0.5, 0.6) is 0 Å². The third-order valence-corrected chi connectivity index (χ3v) is 25.5. The van der Waals surface area contributed by atoms with Gasteiger partial charge in [0.2, 0.25) is 0 Å². The molecule has 1 unspecified atom stereocenters. The zero-order valence-electron chi connectivity index (χ0n) is 76.6. The van der Waals surface area contributed by atoms with Gasteiger partial charge in [-0.15, -0.1) is 0 Å². The fourth-order valence-electron chi connectivity index (χ4n) is 17.3. The molecule has 4 aromatic heterocycles. The first kappa shape index (κ1) is 101. The van der Waals surface area contributed by atoms with E-state index < -0.39 is 15.4 Å². The summed E-state index contributed by atoms with van der Waals surface area (Å²) in [7, 11) is -4.15. The Morgan fingerprint density at radius 1 is 0.344 bits per heavy atom. The van der Waals surface area contributed by atoms with Crippen LogP contribution in [0.25, 0.3) is 171 Å². The molecule has 0 aliphatic rings. The average molecular weight is 1960 g/mol. The molecule has 1 N–H and O–H groups in total. The molecule has 0 saturated heterocycles. The molecule has 0 aliphatic carbocycles. The summed E-state index contributed by atoms with van der Waals surface area (Å²) < 4.78 is 51.2. The van der Waals surface area contributed by atoms with Crippen LogP contribution in [-0.4, -0.2) is 89.0 Å². The molecule has 20 rings (SSSR count). The molecule has 0 fully saturated rings. The molecule has 1 atom stereocenters. The second-order valence-corrected chi connectivity index (χ2v) is 38.3. The molecular weight excluding hydrogens is 1850 g/mol. The Bertz CT molecular complexity index is 7340. The number of nitrogens with one attached hydrogen (secondary N) is 1. The minimum atomic E-state index is -3.15. The number of halogens is 4. The van der Waals surface area contributed by atoms with E-state index in [4.69, 9.17) is 16.1 Å². The van der Waals surface area contributed by atoms with Gasteiger partial charge in [-0.1, -0.05) is 353 Å². The van der Waals surface area contributed by atoms with Crippen LogP contribution in [0.15, 0.2) is 361 Å². The first-order valence-electron chi connectivity index (χ1n) is 44.0. The molecule has 0 spiro atoms. The maximum atomic E-state index is 15.7. The zero-order valence-corrected chi connectivity index (χ0v) is 89.1. The molecule has 0 aliphatic heterocycles. The molecule has 20 aromatic rings. The van der Waals surface area contributed by atoms with E-state index in [-0.39, 0.29) is 93.7 Å². The topological polar surface area (TPSA) is 103 Å². The van der Waals surface area contributed by atoms with Crippen molar-refractivity contribution in [3.05, 3.63) is 389 Å². The minimum absolute atomic E-state index is 0.